The molecule has 0 amide bonds. The predicted molar refractivity (Wildman–Crippen MR) is 68.2 cm³/mol. The van der Waals surface area contributed by atoms with Gasteiger partial charge in [-0.05, 0) is 18.2 Å². The average molecular weight is 297 g/mol. The number of carboxylic acid groups (broad SMARTS) is 1. The Morgan fingerprint density at radius 1 is 1.24 bits per heavy atom. The molecule has 0 radical (unpaired) electrons. The summed E-state index contributed by atoms with van der Waals surface area (Å²) in [7, 11) is 1.38. The summed E-state index contributed by atoms with van der Waals surface area (Å²) >= 11 is 0. The average Bonchev–Trinajstić information content (AvgIpc) is 2.45. The molecule has 0 fully saturated rings. The van der Waals surface area contributed by atoms with E-state index in [-0.39, 0.29) is 5.56 Å². The normalized spacial score (nSPS) is 11.2. The third-order valence-electron chi connectivity index (χ3n) is 2.87. The largest absolute Gasteiger partial charge is 0.496 e. The number of hydrogen-bond acceptors (Lipinski definition) is 3. The Morgan fingerprint density at radius 3 is 2.52 bits per heavy atom. The molecule has 0 atom stereocenters. The number of aromatic carboxylic acids is 1. The lowest BCUT2D eigenvalue weighted by Gasteiger charge is -2.13. The van der Waals surface area contributed by atoms with E-state index in [1.165, 1.54) is 25.6 Å². The molecule has 0 saturated carbocycles. The molecule has 2 rings (SSSR count). The number of rotatable bonds is 3. The molecule has 0 saturated heterocycles. The summed E-state index contributed by atoms with van der Waals surface area (Å²) < 4.78 is 43.1. The predicted octanol–water partition coefficient (Wildman–Crippen LogP) is 3.47. The minimum atomic E-state index is -4.61. The number of halogens is 3. The highest BCUT2D eigenvalue weighted by molar-refractivity contribution is 5.97. The zero-order valence-corrected chi connectivity index (χ0v) is 10.8. The molecule has 1 aromatic carbocycles. The zero-order valence-electron chi connectivity index (χ0n) is 10.8. The van der Waals surface area contributed by atoms with Gasteiger partial charge in [-0.3, -0.25) is 4.98 Å². The van der Waals surface area contributed by atoms with Crippen LogP contribution >= 0.6 is 0 Å². The monoisotopic (exact) mass is 297 g/mol. The molecule has 0 unspecified atom stereocenters. The summed E-state index contributed by atoms with van der Waals surface area (Å²) in [6, 6.07) is 4.03. The molecule has 110 valence electrons. The molecule has 1 aromatic heterocycles. The Balaban J connectivity index is 2.67. The smallest absolute Gasteiger partial charge is 0.416 e. The first-order chi connectivity index (χ1) is 9.84. The molecule has 1 heterocycles. The van der Waals surface area contributed by atoms with E-state index < -0.39 is 23.3 Å². The van der Waals surface area contributed by atoms with E-state index in [0.29, 0.717) is 17.4 Å². The van der Waals surface area contributed by atoms with Crippen molar-refractivity contribution >= 4 is 5.97 Å². The van der Waals surface area contributed by atoms with Crippen molar-refractivity contribution in [2.45, 2.75) is 6.18 Å². The maximum atomic E-state index is 12.7. The van der Waals surface area contributed by atoms with Gasteiger partial charge in [0.15, 0.2) is 0 Å². The number of ether oxygens (including phenoxy) is 1. The van der Waals surface area contributed by atoms with Crippen LogP contribution in [0.2, 0.25) is 0 Å². The first-order valence-electron chi connectivity index (χ1n) is 5.77. The van der Waals surface area contributed by atoms with Crippen LogP contribution in [0.1, 0.15) is 15.9 Å². The Labute approximate surface area is 117 Å². The minimum Gasteiger partial charge on any atom is -0.496 e. The van der Waals surface area contributed by atoms with Crippen molar-refractivity contribution in [1.82, 2.24) is 4.98 Å². The number of benzene rings is 1. The van der Waals surface area contributed by atoms with Crippen LogP contribution in [-0.4, -0.2) is 23.2 Å². The Kier molecular flexibility index (Phi) is 3.84. The van der Waals surface area contributed by atoms with E-state index in [9.17, 15) is 18.0 Å². The van der Waals surface area contributed by atoms with Gasteiger partial charge in [-0.2, -0.15) is 13.2 Å². The summed E-state index contributed by atoms with van der Waals surface area (Å²) in [5, 5.41) is 9.15. The molecule has 0 bridgehead atoms. The van der Waals surface area contributed by atoms with Gasteiger partial charge < -0.3 is 9.84 Å². The minimum absolute atomic E-state index is 0.112. The molecule has 0 aliphatic heterocycles. The number of nitrogens with zero attached hydrogens (tertiary/aromatic N) is 1. The highest BCUT2D eigenvalue weighted by Gasteiger charge is 2.32. The van der Waals surface area contributed by atoms with E-state index >= 15 is 0 Å². The molecular weight excluding hydrogens is 287 g/mol. The van der Waals surface area contributed by atoms with Crippen LogP contribution < -0.4 is 4.74 Å². The molecular formula is C14H10F3NO3. The second-order valence-electron chi connectivity index (χ2n) is 4.14. The lowest BCUT2D eigenvalue weighted by Crippen LogP contribution is -2.09. The lowest BCUT2D eigenvalue weighted by molar-refractivity contribution is -0.137. The van der Waals surface area contributed by atoms with Crippen LogP contribution in [0.4, 0.5) is 13.2 Å². The summed E-state index contributed by atoms with van der Waals surface area (Å²) in [5.41, 5.74) is -1.06. The van der Waals surface area contributed by atoms with E-state index in [4.69, 9.17) is 9.84 Å². The molecule has 0 aliphatic carbocycles. The van der Waals surface area contributed by atoms with Gasteiger partial charge in [-0.15, -0.1) is 0 Å². The number of hydrogen-bond donors (Lipinski definition) is 1. The van der Waals surface area contributed by atoms with Gasteiger partial charge in [0.1, 0.15) is 5.75 Å². The molecule has 0 spiro atoms. The highest BCUT2D eigenvalue weighted by Crippen LogP contribution is 2.36. The van der Waals surface area contributed by atoms with Crippen LogP contribution in [0.5, 0.6) is 5.75 Å². The third-order valence-corrected chi connectivity index (χ3v) is 2.87. The fraction of sp³-hybridized carbons (Fsp3) is 0.143. The van der Waals surface area contributed by atoms with Crippen molar-refractivity contribution in [3.63, 3.8) is 0 Å². The van der Waals surface area contributed by atoms with Crippen LogP contribution in [-0.2, 0) is 6.18 Å². The topological polar surface area (TPSA) is 59.4 Å². The van der Waals surface area contributed by atoms with Gasteiger partial charge in [0, 0.05) is 23.5 Å². The number of aromatic nitrogens is 1. The van der Waals surface area contributed by atoms with Gasteiger partial charge in [0.2, 0.25) is 0 Å². The fourth-order valence-corrected chi connectivity index (χ4v) is 1.89. The first-order valence-corrected chi connectivity index (χ1v) is 5.77. The molecule has 4 nitrogen and oxygen atoms in total. The van der Waals surface area contributed by atoms with Crippen LogP contribution in [0, 0.1) is 0 Å². The number of carboxylic acids is 1. The number of pyridine rings is 1. The molecule has 0 aliphatic rings. The van der Waals surface area contributed by atoms with E-state index in [1.807, 2.05) is 0 Å². The van der Waals surface area contributed by atoms with Crippen molar-refractivity contribution in [3.8, 4) is 16.9 Å². The number of methoxy groups -OCH3 is 1. The maximum Gasteiger partial charge on any atom is 0.416 e. The van der Waals surface area contributed by atoms with Gasteiger partial charge in [-0.25, -0.2) is 4.79 Å². The van der Waals surface area contributed by atoms with Crippen molar-refractivity contribution in [2.24, 2.45) is 0 Å². The number of alkyl halides is 3. The summed E-state index contributed by atoms with van der Waals surface area (Å²) in [6.45, 7) is 0. The lowest BCUT2D eigenvalue weighted by atomic mass is 9.98. The van der Waals surface area contributed by atoms with Gasteiger partial charge in [0.25, 0.3) is 0 Å². The first kappa shape index (κ1) is 14.8. The van der Waals surface area contributed by atoms with Crippen LogP contribution in [0.3, 0.4) is 0 Å². The van der Waals surface area contributed by atoms with Gasteiger partial charge >= 0.3 is 12.1 Å². The van der Waals surface area contributed by atoms with Crippen molar-refractivity contribution in [1.29, 1.82) is 0 Å². The third kappa shape index (κ3) is 2.96. The second-order valence-corrected chi connectivity index (χ2v) is 4.14. The molecule has 1 N–H and O–H groups in total. The number of carbonyl (C=O) groups is 1. The van der Waals surface area contributed by atoms with E-state index in [2.05, 4.69) is 4.98 Å². The maximum absolute atomic E-state index is 12.7. The molecule has 7 heteroatoms. The van der Waals surface area contributed by atoms with Gasteiger partial charge in [0.05, 0.1) is 18.2 Å². The SMILES string of the molecule is COc1ccncc1-c1ccc(C(F)(F)F)cc1C(=O)O. The Bertz CT molecular complexity index is 683. The molecule has 21 heavy (non-hydrogen) atoms. The summed E-state index contributed by atoms with van der Waals surface area (Å²) in [5.74, 6) is -1.13. The summed E-state index contributed by atoms with van der Waals surface area (Å²) in [4.78, 5) is 15.1. The molecule has 2 aromatic rings. The van der Waals surface area contributed by atoms with E-state index in [1.54, 1.807) is 0 Å². The Morgan fingerprint density at radius 2 is 1.95 bits per heavy atom. The second kappa shape index (κ2) is 5.43. The summed E-state index contributed by atoms with van der Waals surface area (Å²) in [6.07, 6.45) is -1.83. The van der Waals surface area contributed by atoms with Crippen LogP contribution in [0.15, 0.2) is 36.7 Å². The fourth-order valence-electron chi connectivity index (χ4n) is 1.89. The highest BCUT2D eigenvalue weighted by atomic mass is 19.4. The van der Waals surface area contributed by atoms with Crippen LogP contribution in [0.25, 0.3) is 11.1 Å². The van der Waals surface area contributed by atoms with Crippen molar-refractivity contribution < 1.29 is 27.8 Å². The van der Waals surface area contributed by atoms with Gasteiger partial charge in [-0.1, -0.05) is 6.07 Å². The van der Waals surface area contributed by atoms with Crippen molar-refractivity contribution in [2.75, 3.05) is 7.11 Å². The quantitative estimate of drug-likeness (QED) is 0.942. The standard InChI is InChI=1S/C14H10F3NO3/c1-21-12-4-5-18-7-11(12)9-3-2-8(14(15,16)17)6-10(9)13(19)20/h2-7H,1H3,(H,19,20). The Hall–Kier alpha value is -2.57. The zero-order chi connectivity index (χ0) is 15.6. The van der Waals surface area contributed by atoms with E-state index in [0.717, 1.165) is 12.1 Å². The van der Waals surface area contributed by atoms with Crippen molar-refractivity contribution in [3.05, 3.63) is 47.8 Å².